The molecule has 4 N–H and O–H groups in total. The van der Waals surface area contributed by atoms with Crippen LogP contribution in [0, 0.1) is 0 Å². The van der Waals surface area contributed by atoms with Gasteiger partial charge in [0.25, 0.3) is 0 Å². The lowest BCUT2D eigenvalue weighted by atomic mass is 10.0. The molecule has 0 radical (unpaired) electrons. The number of carboxylic acid groups (broad SMARTS) is 2. The van der Waals surface area contributed by atoms with Gasteiger partial charge in [-0.05, 0) is 93.7 Å². The van der Waals surface area contributed by atoms with E-state index in [1.165, 1.54) is 0 Å². The van der Waals surface area contributed by atoms with Crippen molar-refractivity contribution >= 4 is 53.8 Å². The topological polar surface area (TPSA) is 122 Å². The molecule has 0 atom stereocenters. The van der Waals surface area contributed by atoms with E-state index >= 15 is 0 Å². The standard InChI is InChI=1S/C36H32N4O5S/c41-35(42)46(36(43)44)33-21-25(23-1-5-29-27(19-23)9-11-37-29)3-7-31(33)40(14-13-39-15-17-45-18-16-39)32-8-4-26(22-34(32)46)24-2-6-30-28(20-24)10-12-38-30/h1-12,19-22,37-38H,13-18H2,(H,41,42)(H,43,44). The van der Waals surface area contributed by atoms with Crippen LogP contribution in [-0.2, 0) is 4.74 Å². The molecule has 46 heavy (non-hydrogen) atoms. The summed E-state index contributed by atoms with van der Waals surface area (Å²) in [5, 5.41) is 21.4. The van der Waals surface area contributed by atoms with Crippen molar-refractivity contribution < 1.29 is 24.5 Å². The third-order valence-corrected chi connectivity index (χ3v) is 12.2. The largest absolute Gasteiger partial charge is 0.473 e. The van der Waals surface area contributed by atoms with Crippen molar-refractivity contribution in [3.8, 4) is 22.3 Å². The molecular weight excluding hydrogens is 600 g/mol. The first-order valence-corrected chi connectivity index (χ1v) is 16.9. The maximum Gasteiger partial charge on any atom is 0.365 e. The Morgan fingerprint density at radius 1 is 0.652 bits per heavy atom. The van der Waals surface area contributed by atoms with E-state index in [1.807, 2.05) is 85.2 Å². The number of aromatic nitrogens is 2. The second-order valence-corrected chi connectivity index (χ2v) is 14.5. The Kier molecular flexibility index (Phi) is 6.86. The van der Waals surface area contributed by atoms with Crippen LogP contribution in [0.4, 0.5) is 21.0 Å². The molecule has 0 aliphatic carbocycles. The highest BCUT2D eigenvalue weighted by molar-refractivity contribution is 8.55. The van der Waals surface area contributed by atoms with Crippen molar-refractivity contribution in [3.05, 3.63) is 97.3 Å². The first kappa shape index (κ1) is 28.4. The van der Waals surface area contributed by atoms with E-state index in [-0.39, 0.29) is 0 Å². The minimum atomic E-state index is -3.60. The van der Waals surface area contributed by atoms with Gasteiger partial charge in [0.15, 0.2) is 0 Å². The van der Waals surface area contributed by atoms with Crippen molar-refractivity contribution in [2.75, 3.05) is 44.3 Å². The molecule has 4 heterocycles. The summed E-state index contributed by atoms with van der Waals surface area (Å²) in [5.74, 6) is 0. The molecule has 10 heteroatoms. The molecule has 0 spiro atoms. The summed E-state index contributed by atoms with van der Waals surface area (Å²) in [7, 11) is -3.60. The Balaban J connectivity index is 1.33. The fourth-order valence-corrected chi connectivity index (χ4v) is 9.53. The number of aromatic amines is 2. The average Bonchev–Trinajstić information content (AvgIpc) is 3.75. The summed E-state index contributed by atoms with van der Waals surface area (Å²) in [6, 6.07) is 27.3. The van der Waals surface area contributed by atoms with Crippen LogP contribution in [0.3, 0.4) is 0 Å². The molecule has 0 saturated carbocycles. The van der Waals surface area contributed by atoms with Gasteiger partial charge in [0, 0.05) is 69.4 Å². The lowest BCUT2D eigenvalue weighted by Crippen LogP contribution is -2.41. The van der Waals surface area contributed by atoms with Crippen LogP contribution in [0.15, 0.2) is 107 Å². The zero-order valence-electron chi connectivity index (χ0n) is 24.9. The summed E-state index contributed by atoms with van der Waals surface area (Å²) in [6.07, 6.45) is 3.75. The second kappa shape index (κ2) is 11.1. The number of ether oxygens (including phenoxy) is 1. The molecule has 1 saturated heterocycles. The molecule has 2 aromatic heterocycles. The van der Waals surface area contributed by atoms with Gasteiger partial charge < -0.3 is 29.8 Å². The molecular formula is C36H32N4O5S. The van der Waals surface area contributed by atoms with Gasteiger partial charge in [-0.2, -0.15) is 0 Å². The summed E-state index contributed by atoms with van der Waals surface area (Å²) in [4.78, 5) is 38.6. The first-order valence-electron chi connectivity index (χ1n) is 15.2. The molecule has 9 nitrogen and oxygen atoms in total. The van der Waals surface area contributed by atoms with Crippen LogP contribution in [0.25, 0.3) is 44.1 Å². The Morgan fingerprint density at radius 2 is 1.13 bits per heavy atom. The van der Waals surface area contributed by atoms with Crippen molar-refractivity contribution in [1.29, 1.82) is 0 Å². The summed E-state index contributed by atoms with van der Waals surface area (Å²) in [6.45, 7) is 4.26. The molecule has 232 valence electrons. The molecule has 2 aliphatic heterocycles. The van der Waals surface area contributed by atoms with Gasteiger partial charge in [0.2, 0.25) is 0 Å². The number of hydrogen-bond donors (Lipinski definition) is 4. The minimum absolute atomic E-state index is 0.326. The quantitative estimate of drug-likeness (QED) is 0.151. The monoisotopic (exact) mass is 632 g/mol. The molecule has 8 rings (SSSR count). The predicted molar refractivity (Wildman–Crippen MR) is 182 cm³/mol. The molecule has 2 aliphatic rings. The normalized spacial score (nSPS) is 16.7. The predicted octanol–water partition coefficient (Wildman–Crippen LogP) is 8.35. The first-order chi connectivity index (χ1) is 22.4. The van der Waals surface area contributed by atoms with Crippen molar-refractivity contribution in [2.24, 2.45) is 0 Å². The highest BCUT2D eigenvalue weighted by Gasteiger charge is 2.51. The highest BCUT2D eigenvalue weighted by atomic mass is 32.3. The van der Waals surface area contributed by atoms with Gasteiger partial charge >= 0.3 is 10.6 Å². The Hall–Kier alpha value is -5.03. The third-order valence-electron chi connectivity index (χ3n) is 9.20. The maximum atomic E-state index is 13.5. The lowest BCUT2D eigenvalue weighted by Gasteiger charge is -2.44. The van der Waals surface area contributed by atoms with E-state index in [4.69, 9.17) is 4.74 Å². The van der Waals surface area contributed by atoms with Crippen LogP contribution < -0.4 is 4.90 Å². The number of benzene rings is 4. The zero-order valence-corrected chi connectivity index (χ0v) is 25.7. The fourth-order valence-electron chi connectivity index (χ4n) is 6.80. The van der Waals surface area contributed by atoms with Crippen molar-refractivity contribution in [1.82, 2.24) is 14.9 Å². The number of nitrogens with one attached hydrogen (secondary N) is 2. The lowest BCUT2D eigenvalue weighted by molar-refractivity contribution is 0.0394. The number of morpholine rings is 1. The molecule has 0 bridgehead atoms. The van der Waals surface area contributed by atoms with Crippen LogP contribution in [0.1, 0.15) is 0 Å². The SMILES string of the molecule is O=C(O)S1(C(=O)O)c2cc(-c3ccc4[nH]ccc4c3)ccc2N(CCN2CCOCC2)c2ccc(-c3ccc4[nH]ccc4c3)cc21. The summed E-state index contributed by atoms with van der Waals surface area (Å²) < 4.78 is 5.55. The van der Waals surface area contributed by atoms with Gasteiger partial charge in [-0.3, -0.25) is 4.90 Å². The maximum absolute atomic E-state index is 13.5. The van der Waals surface area contributed by atoms with Gasteiger partial charge in [-0.25, -0.2) is 9.59 Å². The van der Waals surface area contributed by atoms with Crippen LogP contribution in [0.2, 0.25) is 0 Å². The minimum Gasteiger partial charge on any atom is -0.473 e. The summed E-state index contributed by atoms with van der Waals surface area (Å²) in [5.41, 5.74) is 6.54. The fraction of sp³-hybridized carbons (Fsp3) is 0.167. The average molecular weight is 633 g/mol. The summed E-state index contributed by atoms with van der Waals surface area (Å²) >= 11 is 0. The van der Waals surface area contributed by atoms with Crippen molar-refractivity contribution in [3.63, 3.8) is 0 Å². The van der Waals surface area contributed by atoms with Crippen LogP contribution >= 0.6 is 10.0 Å². The second-order valence-electron chi connectivity index (χ2n) is 11.7. The number of fused-ring (bicyclic) bond motifs is 4. The number of H-pyrrole nitrogens is 2. The number of hydrogen-bond acceptors (Lipinski definition) is 5. The Bertz CT molecular complexity index is 2010. The van der Waals surface area contributed by atoms with Gasteiger partial charge in [0.05, 0.1) is 24.6 Å². The van der Waals surface area contributed by atoms with Gasteiger partial charge in [0.1, 0.15) is 0 Å². The van der Waals surface area contributed by atoms with E-state index in [2.05, 4.69) is 19.8 Å². The zero-order chi connectivity index (χ0) is 31.4. The third kappa shape index (κ3) is 4.48. The number of anilines is 2. The Morgan fingerprint density at radius 3 is 1.63 bits per heavy atom. The van der Waals surface area contributed by atoms with Crippen LogP contribution in [0.5, 0.6) is 0 Å². The number of rotatable bonds is 5. The van der Waals surface area contributed by atoms with Gasteiger partial charge in [-0.1, -0.05) is 24.3 Å². The Labute approximate surface area is 266 Å². The molecule has 6 aromatic rings. The molecule has 0 amide bonds. The van der Waals surface area contributed by atoms with Crippen LogP contribution in [-0.4, -0.2) is 75.1 Å². The molecule has 4 aromatic carbocycles. The van der Waals surface area contributed by atoms with Gasteiger partial charge in [-0.15, -0.1) is 0 Å². The smallest absolute Gasteiger partial charge is 0.365 e. The van der Waals surface area contributed by atoms with Crippen molar-refractivity contribution in [2.45, 2.75) is 9.79 Å². The molecule has 0 unspecified atom stereocenters. The van der Waals surface area contributed by atoms with E-state index in [9.17, 15) is 19.8 Å². The number of nitrogens with zero attached hydrogens (tertiary/aromatic N) is 2. The molecule has 1 fully saturated rings. The van der Waals surface area contributed by atoms with E-state index < -0.39 is 20.6 Å². The number of carbonyl (C=O) groups is 2. The van der Waals surface area contributed by atoms with E-state index in [0.29, 0.717) is 40.9 Å². The highest BCUT2D eigenvalue weighted by Crippen LogP contribution is 2.72. The van der Waals surface area contributed by atoms with E-state index in [0.717, 1.165) is 63.7 Å². The van der Waals surface area contributed by atoms with E-state index in [1.54, 1.807) is 12.1 Å².